The van der Waals surface area contributed by atoms with E-state index < -0.39 is 6.29 Å². The number of ether oxygens (including phenoxy) is 3. The first-order chi connectivity index (χ1) is 9.17. The molecule has 1 N–H and O–H groups in total. The van der Waals surface area contributed by atoms with E-state index in [1.807, 2.05) is 12.1 Å². The van der Waals surface area contributed by atoms with Crippen LogP contribution in [0.5, 0.6) is 5.75 Å². The molecule has 0 heterocycles. The molecule has 0 aromatic heterocycles. The molecule has 0 aliphatic rings. The summed E-state index contributed by atoms with van der Waals surface area (Å²) in [7, 11) is 4.87. The van der Waals surface area contributed by atoms with Gasteiger partial charge in [0.2, 0.25) is 0 Å². The van der Waals surface area contributed by atoms with Crippen LogP contribution in [0, 0.1) is 0 Å². The molecule has 1 unspecified atom stereocenters. The van der Waals surface area contributed by atoms with E-state index in [1.54, 1.807) is 27.4 Å². The quantitative estimate of drug-likeness (QED) is 0.746. The topological polar surface area (TPSA) is 39.7 Å². The largest absolute Gasteiger partial charge is 0.496 e. The fourth-order valence-corrected chi connectivity index (χ4v) is 2.15. The highest BCUT2D eigenvalue weighted by Gasteiger charge is 2.25. The molecule has 0 radical (unpaired) electrons. The van der Waals surface area contributed by atoms with E-state index in [1.165, 1.54) is 0 Å². The van der Waals surface area contributed by atoms with E-state index in [0.29, 0.717) is 5.02 Å². The molecule has 0 bridgehead atoms. The normalized spacial score (nSPS) is 12.7. The van der Waals surface area contributed by atoms with Crippen LogP contribution in [-0.2, 0) is 9.47 Å². The van der Waals surface area contributed by atoms with Crippen LogP contribution in [0.25, 0.3) is 0 Å². The lowest BCUT2D eigenvalue weighted by Crippen LogP contribution is -2.35. The summed E-state index contributed by atoms with van der Waals surface area (Å²) in [5.41, 5.74) is 0.928. The molecule has 1 aromatic carbocycles. The fourth-order valence-electron chi connectivity index (χ4n) is 1.97. The Morgan fingerprint density at radius 3 is 2.42 bits per heavy atom. The smallest absolute Gasteiger partial charge is 0.176 e. The summed E-state index contributed by atoms with van der Waals surface area (Å²) in [4.78, 5) is 0. The van der Waals surface area contributed by atoms with Crippen molar-refractivity contribution in [2.24, 2.45) is 0 Å². The van der Waals surface area contributed by atoms with Gasteiger partial charge in [-0.1, -0.05) is 18.5 Å². The van der Waals surface area contributed by atoms with Gasteiger partial charge in [-0.3, -0.25) is 0 Å². The summed E-state index contributed by atoms with van der Waals surface area (Å²) in [6, 6.07) is 5.39. The summed E-state index contributed by atoms with van der Waals surface area (Å²) in [5, 5.41) is 4.06. The second-order valence-corrected chi connectivity index (χ2v) is 4.59. The van der Waals surface area contributed by atoms with Crippen molar-refractivity contribution in [1.29, 1.82) is 0 Å². The van der Waals surface area contributed by atoms with Gasteiger partial charge in [0.05, 0.1) is 13.2 Å². The van der Waals surface area contributed by atoms with Gasteiger partial charge >= 0.3 is 0 Å². The molecule has 19 heavy (non-hydrogen) atoms. The van der Waals surface area contributed by atoms with Gasteiger partial charge in [-0.05, 0) is 31.2 Å². The highest BCUT2D eigenvalue weighted by Crippen LogP contribution is 2.31. The first kappa shape index (κ1) is 16.2. The van der Waals surface area contributed by atoms with Crippen LogP contribution < -0.4 is 10.1 Å². The van der Waals surface area contributed by atoms with Gasteiger partial charge in [0.1, 0.15) is 5.75 Å². The standard InChI is InChI=1S/C14H22ClNO3/c1-5-8-16-13(14(18-3)19-4)11-9-10(15)6-7-12(11)17-2/h6-7,9,13-14,16H,5,8H2,1-4H3. The average molecular weight is 288 g/mol. The second-order valence-electron chi connectivity index (χ2n) is 4.16. The summed E-state index contributed by atoms with van der Waals surface area (Å²) >= 11 is 6.08. The van der Waals surface area contributed by atoms with Crippen molar-refractivity contribution < 1.29 is 14.2 Å². The molecular formula is C14H22ClNO3. The predicted octanol–water partition coefficient (Wildman–Crippen LogP) is 3.01. The van der Waals surface area contributed by atoms with Crippen molar-refractivity contribution in [2.75, 3.05) is 27.9 Å². The molecule has 108 valence electrons. The minimum Gasteiger partial charge on any atom is -0.496 e. The Morgan fingerprint density at radius 2 is 1.89 bits per heavy atom. The van der Waals surface area contributed by atoms with Gasteiger partial charge in [0, 0.05) is 24.8 Å². The summed E-state index contributed by atoms with van der Waals surface area (Å²) in [6.45, 7) is 2.96. The predicted molar refractivity (Wildman–Crippen MR) is 76.8 cm³/mol. The average Bonchev–Trinajstić information content (AvgIpc) is 2.43. The summed E-state index contributed by atoms with van der Waals surface area (Å²) < 4.78 is 16.1. The van der Waals surface area contributed by atoms with E-state index in [-0.39, 0.29) is 6.04 Å². The molecule has 5 heteroatoms. The number of hydrogen-bond acceptors (Lipinski definition) is 4. The monoisotopic (exact) mass is 287 g/mol. The van der Waals surface area contributed by atoms with E-state index in [4.69, 9.17) is 25.8 Å². The van der Waals surface area contributed by atoms with Crippen molar-refractivity contribution in [3.8, 4) is 5.75 Å². The van der Waals surface area contributed by atoms with Gasteiger partial charge in [0.25, 0.3) is 0 Å². The molecule has 0 amide bonds. The summed E-state index contributed by atoms with van der Waals surface area (Å²) in [6.07, 6.45) is 0.610. The number of hydrogen-bond donors (Lipinski definition) is 1. The maximum absolute atomic E-state index is 6.08. The minimum atomic E-state index is -0.404. The molecule has 0 fully saturated rings. The van der Waals surface area contributed by atoms with Gasteiger partial charge in [-0.15, -0.1) is 0 Å². The number of methoxy groups -OCH3 is 3. The molecule has 0 saturated carbocycles. The van der Waals surface area contributed by atoms with Gasteiger partial charge in [0.15, 0.2) is 6.29 Å². The van der Waals surface area contributed by atoms with Crippen molar-refractivity contribution in [3.05, 3.63) is 28.8 Å². The Labute approximate surface area is 120 Å². The molecule has 1 aromatic rings. The Hall–Kier alpha value is -0.810. The second kappa shape index (κ2) is 8.38. The van der Waals surface area contributed by atoms with Crippen molar-refractivity contribution >= 4 is 11.6 Å². The van der Waals surface area contributed by atoms with Crippen LogP contribution in [0.4, 0.5) is 0 Å². The highest BCUT2D eigenvalue weighted by atomic mass is 35.5. The zero-order chi connectivity index (χ0) is 14.3. The number of nitrogens with one attached hydrogen (secondary N) is 1. The Kier molecular flexibility index (Phi) is 7.16. The zero-order valence-corrected chi connectivity index (χ0v) is 12.7. The van der Waals surface area contributed by atoms with Crippen LogP contribution >= 0.6 is 11.6 Å². The molecule has 0 spiro atoms. The Morgan fingerprint density at radius 1 is 1.21 bits per heavy atom. The first-order valence-corrected chi connectivity index (χ1v) is 6.68. The lowest BCUT2D eigenvalue weighted by atomic mass is 10.0. The van der Waals surface area contributed by atoms with E-state index >= 15 is 0 Å². The van der Waals surface area contributed by atoms with Crippen LogP contribution in [0.15, 0.2) is 18.2 Å². The molecule has 4 nitrogen and oxygen atoms in total. The molecule has 1 atom stereocenters. The van der Waals surface area contributed by atoms with Crippen LogP contribution in [0.1, 0.15) is 24.9 Å². The Balaban J connectivity index is 3.10. The molecule has 0 aliphatic carbocycles. The molecular weight excluding hydrogens is 266 g/mol. The molecule has 0 aliphatic heterocycles. The van der Waals surface area contributed by atoms with E-state index in [9.17, 15) is 0 Å². The van der Waals surface area contributed by atoms with Crippen molar-refractivity contribution in [1.82, 2.24) is 5.32 Å². The third kappa shape index (κ3) is 4.35. The Bertz CT molecular complexity index is 383. The van der Waals surface area contributed by atoms with Gasteiger partial charge < -0.3 is 19.5 Å². The number of halogens is 1. The SMILES string of the molecule is CCCNC(c1cc(Cl)ccc1OC)C(OC)OC. The molecule has 1 rings (SSSR count). The molecule has 0 saturated heterocycles. The van der Waals surface area contributed by atoms with E-state index in [2.05, 4.69) is 12.2 Å². The van der Waals surface area contributed by atoms with E-state index in [0.717, 1.165) is 24.3 Å². The zero-order valence-electron chi connectivity index (χ0n) is 11.9. The van der Waals surface area contributed by atoms with Crippen molar-refractivity contribution in [2.45, 2.75) is 25.7 Å². The maximum atomic E-state index is 6.08. The lowest BCUT2D eigenvalue weighted by molar-refractivity contribution is -0.124. The lowest BCUT2D eigenvalue weighted by Gasteiger charge is -2.27. The van der Waals surface area contributed by atoms with Gasteiger partial charge in [-0.25, -0.2) is 0 Å². The fraction of sp³-hybridized carbons (Fsp3) is 0.571. The number of benzene rings is 1. The highest BCUT2D eigenvalue weighted by molar-refractivity contribution is 6.30. The van der Waals surface area contributed by atoms with Crippen LogP contribution in [-0.4, -0.2) is 34.2 Å². The number of rotatable bonds is 8. The minimum absolute atomic E-state index is 0.136. The van der Waals surface area contributed by atoms with Crippen LogP contribution in [0.3, 0.4) is 0 Å². The summed E-state index contributed by atoms with van der Waals surface area (Å²) in [5.74, 6) is 0.761. The third-order valence-electron chi connectivity index (χ3n) is 2.88. The maximum Gasteiger partial charge on any atom is 0.176 e. The van der Waals surface area contributed by atoms with Gasteiger partial charge in [-0.2, -0.15) is 0 Å². The first-order valence-electron chi connectivity index (χ1n) is 6.30. The van der Waals surface area contributed by atoms with Crippen LogP contribution in [0.2, 0.25) is 5.02 Å². The van der Waals surface area contributed by atoms with Crippen molar-refractivity contribution in [3.63, 3.8) is 0 Å². The third-order valence-corrected chi connectivity index (χ3v) is 3.11.